The van der Waals surface area contributed by atoms with Crippen LogP contribution in [0.15, 0.2) is 11.5 Å². The Morgan fingerprint density at radius 2 is 1.07 bits per heavy atom. The minimum absolute atomic E-state index is 0. The standard InChI is InChI=1S/C6H8O6.2Al.3H2O4S/c7-1-2(8)5-3(9)4(10)6(11)12-5;;;3*1-5(2,3)4/h2,5,7-10H,1H2;;;3*(H2,1,2,3,4)/q;2*+3;;;/p-6/t2-,5+;;;;;/m0...../s1. The summed E-state index contributed by atoms with van der Waals surface area (Å²) in [7, 11) is -15.5. The summed E-state index contributed by atoms with van der Waals surface area (Å²) in [5.74, 6) is -2.78. The molecule has 0 bridgehead atoms. The van der Waals surface area contributed by atoms with E-state index in [-0.39, 0.29) is 34.7 Å². The average Bonchev–Trinajstić information content (AvgIpc) is 2.60. The topological polar surface area (TPSA) is 348 Å². The number of aliphatic hydroxyl groups is 4. The number of hydrogen-bond donors (Lipinski definition) is 4. The van der Waals surface area contributed by atoms with E-state index in [2.05, 4.69) is 4.74 Å². The molecule has 1 rings (SSSR count). The van der Waals surface area contributed by atoms with Crippen LogP contribution in [0.1, 0.15) is 0 Å². The maximum atomic E-state index is 10.5. The molecule has 0 aliphatic carbocycles. The van der Waals surface area contributed by atoms with Gasteiger partial charge in [0.05, 0.1) is 6.61 Å². The Morgan fingerprint density at radius 3 is 1.21 bits per heavy atom. The van der Waals surface area contributed by atoms with Crippen molar-refractivity contribution in [2.24, 2.45) is 0 Å². The van der Waals surface area contributed by atoms with E-state index in [1.807, 2.05) is 0 Å². The molecular weight excluding hydrogens is 510 g/mol. The second-order valence-electron chi connectivity index (χ2n) is 3.53. The van der Waals surface area contributed by atoms with E-state index < -0.39 is 67.5 Å². The minimum Gasteiger partial charge on any atom is -0.759 e. The minimum atomic E-state index is -5.17. The average molecular weight is 518 g/mol. The molecule has 1 aliphatic heterocycles. The Kier molecular flexibility index (Phi) is 21.7. The summed E-state index contributed by atoms with van der Waals surface area (Å²) in [6.07, 6.45) is -2.78. The second-order valence-corrected chi connectivity index (χ2v) is 5.98. The molecular formula is C6H8Al2O18S3. The molecule has 18 nitrogen and oxygen atoms in total. The van der Waals surface area contributed by atoms with Crippen LogP contribution in [0.2, 0.25) is 0 Å². The molecule has 0 spiro atoms. The Hall–Kier alpha value is -0.595. The summed E-state index contributed by atoms with van der Waals surface area (Å²) in [5.41, 5.74) is 0. The molecule has 4 N–H and O–H groups in total. The fourth-order valence-corrected chi connectivity index (χ4v) is 0.823. The number of ether oxygens (including phenoxy) is 1. The fourth-order valence-electron chi connectivity index (χ4n) is 0.823. The van der Waals surface area contributed by atoms with Crippen molar-refractivity contribution in [2.45, 2.75) is 12.2 Å². The normalized spacial score (nSPS) is 16.7. The van der Waals surface area contributed by atoms with Crippen LogP contribution >= 0.6 is 0 Å². The first kappa shape index (κ1) is 38.9. The third-order valence-corrected chi connectivity index (χ3v) is 1.48. The van der Waals surface area contributed by atoms with Crippen molar-refractivity contribution in [3.8, 4) is 0 Å². The number of aliphatic hydroxyl groups excluding tert-OH is 4. The number of cyclic esters (lactones) is 1. The summed E-state index contributed by atoms with van der Waals surface area (Å²) in [6, 6.07) is 0. The van der Waals surface area contributed by atoms with Crippen molar-refractivity contribution in [2.75, 3.05) is 6.61 Å². The Morgan fingerprint density at radius 1 is 0.828 bits per heavy atom. The summed E-state index contributed by atoms with van der Waals surface area (Å²) in [5, 5.41) is 35.0. The van der Waals surface area contributed by atoms with Crippen LogP contribution in [0.4, 0.5) is 0 Å². The van der Waals surface area contributed by atoms with Gasteiger partial charge < -0.3 is 52.5 Å². The largest absolute Gasteiger partial charge is 3.00 e. The van der Waals surface area contributed by atoms with E-state index in [1.165, 1.54) is 0 Å². The van der Waals surface area contributed by atoms with Gasteiger partial charge in [0.25, 0.3) is 0 Å². The van der Waals surface area contributed by atoms with Gasteiger partial charge in [0.15, 0.2) is 11.9 Å². The Balaban J connectivity index is -0.0000000965. The first-order valence-electron chi connectivity index (χ1n) is 5.20. The molecule has 1 heterocycles. The second kappa shape index (κ2) is 16.1. The van der Waals surface area contributed by atoms with Gasteiger partial charge in [0.1, 0.15) is 6.10 Å². The van der Waals surface area contributed by atoms with Gasteiger partial charge in [-0.05, 0) is 0 Å². The maximum absolute atomic E-state index is 10.5. The predicted molar refractivity (Wildman–Crippen MR) is 78.2 cm³/mol. The van der Waals surface area contributed by atoms with Crippen molar-refractivity contribution >= 4 is 71.9 Å². The van der Waals surface area contributed by atoms with Crippen molar-refractivity contribution < 1.29 is 82.5 Å². The SMILES string of the molecule is O=C1O[C@H]([C@@H](O)CO)C(O)=C1O.O=S(=O)([O-])[O-].O=S(=O)([O-])[O-].O=S(=O)([O-])[O-].[Al+3].[Al+3]. The molecule has 0 aromatic rings. The number of carbonyl (C=O) groups excluding carboxylic acids is 1. The molecule has 0 radical (unpaired) electrons. The van der Waals surface area contributed by atoms with Crippen molar-refractivity contribution in [3.63, 3.8) is 0 Å². The van der Waals surface area contributed by atoms with E-state index in [4.69, 9.17) is 73.0 Å². The van der Waals surface area contributed by atoms with Crippen molar-refractivity contribution in [3.05, 3.63) is 11.5 Å². The van der Waals surface area contributed by atoms with E-state index in [1.54, 1.807) is 0 Å². The van der Waals surface area contributed by atoms with E-state index in [9.17, 15) is 4.79 Å². The molecule has 0 fully saturated rings. The van der Waals surface area contributed by atoms with Crippen molar-refractivity contribution in [1.82, 2.24) is 0 Å². The number of hydrogen-bond acceptors (Lipinski definition) is 18. The van der Waals surface area contributed by atoms with Gasteiger partial charge in [-0.25, -0.2) is 4.79 Å². The molecule has 0 saturated carbocycles. The summed E-state index contributed by atoms with van der Waals surface area (Å²) in [4.78, 5) is 10.5. The monoisotopic (exact) mass is 518 g/mol. The quantitative estimate of drug-likeness (QED) is 0.114. The zero-order chi connectivity index (χ0) is 22.8. The van der Waals surface area contributed by atoms with Gasteiger partial charge in [-0.1, -0.05) is 0 Å². The first-order chi connectivity index (χ1) is 11.6. The van der Waals surface area contributed by atoms with Crippen LogP contribution in [0.5, 0.6) is 0 Å². The molecule has 0 aromatic carbocycles. The molecule has 0 aromatic heterocycles. The summed E-state index contributed by atoms with van der Waals surface area (Å²) < 4.78 is 107. The van der Waals surface area contributed by atoms with Gasteiger partial charge in [0, 0.05) is 31.2 Å². The van der Waals surface area contributed by atoms with Gasteiger partial charge >= 0.3 is 40.7 Å². The number of rotatable bonds is 2. The third-order valence-electron chi connectivity index (χ3n) is 1.48. The van der Waals surface area contributed by atoms with Gasteiger partial charge in [-0.2, -0.15) is 0 Å². The molecule has 0 saturated heterocycles. The van der Waals surface area contributed by atoms with E-state index in [0.29, 0.717) is 0 Å². The van der Waals surface area contributed by atoms with Crippen LogP contribution in [-0.4, -0.2) is 133 Å². The first-order valence-corrected chi connectivity index (χ1v) is 9.20. The molecule has 164 valence electrons. The van der Waals surface area contributed by atoms with Gasteiger partial charge in [-0.15, -0.1) is 0 Å². The smallest absolute Gasteiger partial charge is 0.759 e. The van der Waals surface area contributed by atoms with Crippen LogP contribution < -0.4 is 0 Å². The van der Waals surface area contributed by atoms with Crippen LogP contribution in [0.3, 0.4) is 0 Å². The van der Waals surface area contributed by atoms with E-state index in [0.717, 1.165) is 0 Å². The zero-order valence-corrected chi connectivity index (χ0v) is 18.0. The molecule has 1 aliphatic rings. The summed E-state index contributed by atoms with van der Waals surface area (Å²) >= 11 is 0. The fraction of sp³-hybridized carbons (Fsp3) is 0.500. The Labute approximate surface area is 184 Å². The Bertz CT molecular complexity index is 716. The number of carbonyl (C=O) groups is 1. The number of esters is 1. The van der Waals surface area contributed by atoms with Gasteiger partial charge in [0.2, 0.25) is 5.76 Å². The predicted octanol–water partition coefficient (Wildman–Crippen LogP) is -6.18. The van der Waals surface area contributed by atoms with Crippen LogP contribution in [0.25, 0.3) is 0 Å². The van der Waals surface area contributed by atoms with Gasteiger partial charge in [-0.3, -0.25) is 25.3 Å². The van der Waals surface area contributed by atoms with Crippen LogP contribution in [0, 0.1) is 0 Å². The molecule has 2 atom stereocenters. The molecule has 29 heavy (non-hydrogen) atoms. The zero-order valence-electron chi connectivity index (χ0n) is 13.2. The molecule has 23 heteroatoms. The maximum Gasteiger partial charge on any atom is 3.00 e. The summed E-state index contributed by atoms with van der Waals surface area (Å²) in [6.45, 7) is -0.671. The van der Waals surface area contributed by atoms with Crippen molar-refractivity contribution in [1.29, 1.82) is 0 Å². The van der Waals surface area contributed by atoms with Crippen LogP contribution in [-0.2, 0) is 40.7 Å². The third kappa shape index (κ3) is 38.6. The molecule has 0 unspecified atom stereocenters. The molecule has 0 amide bonds. The van der Waals surface area contributed by atoms with E-state index >= 15 is 0 Å².